The summed E-state index contributed by atoms with van der Waals surface area (Å²) in [6.45, 7) is 38.3. The van der Waals surface area contributed by atoms with Crippen molar-refractivity contribution >= 4 is 29.8 Å². The number of carbonyl (C=O) groups is 5. The van der Waals surface area contributed by atoms with E-state index in [2.05, 4.69) is 83.8 Å². The van der Waals surface area contributed by atoms with Crippen LogP contribution in [0.5, 0.6) is 0 Å². The van der Waals surface area contributed by atoms with Crippen LogP contribution < -0.4 is 0 Å². The largest absolute Gasteiger partial charge is 0.466 e. The van der Waals surface area contributed by atoms with Crippen molar-refractivity contribution < 1.29 is 47.7 Å². The van der Waals surface area contributed by atoms with Gasteiger partial charge in [0, 0.05) is 23.7 Å². The van der Waals surface area contributed by atoms with E-state index in [0.717, 1.165) is 57.8 Å². The van der Waals surface area contributed by atoms with E-state index in [1.54, 1.807) is 27.7 Å². The molecule has 1 saturated carbocycles. The lowest BCUT2D eigenvalue weighted by molar-refractivity contribution is -0.174. The van der Waals surface area contributed by atoms with Gasteiger partial charge in [0.05, 0.1) is 34.7 Å². The summed E-state index contributed by atoms with van der Waals surface area (Å²) in [7, 11) is 0. The Morgan fingerprint density at radius 1 is 0.506 bits per heavy atom. The predicted molar refractivity (Wildman–Crippen MR) is 309 cm³/mol. The maximum atomic E-state index is 12.4. The van der Waals surface area contributed by atoms with Crippen molar-refractivity contribution in [2.75, 3.05) is 6.61 Å². The lowest BCUT2D eigenvalue weighted by Crippen LogP contribution is -2.45. The first kappa shape index (κ1) is 67.9. The summed E-state index contributed by atoms with van der Waals surface area (Å²) in [5, 5.41) is 0. The number of carbonyl (C=O) groups excluding carboxylic acids is 5. The van der Waals surface area contributed by atoms with E-state index in [-0.39, 0.29) is 54.0 Å². The SMILES string of the molecule is CC#CC(C)(OC(=O)C(C)(C)CC)C1C=CCC1.CC#CC(C)(OC(=O)C(C)(C)CC)C1C=CCCC1.CC#CC(C)(OC(=O)C(C)(C)CC)C1CC2C=CC1C2.CC#CC(C)(OC(=O)C(C)(C)CC)C1CCOC(=O)C1. The third-order valence-corrected chi connectivity index (χ3v) is 17.0. The van der Waals surface area contributed by atoms with Crippen LogP contribution in [0.2, 0.25) is 0 Å². The monoisotopic (exact) mass is 1060 g/mol. The molecule has 0 radical (unpaired) electrons. The summed E-state index contributed by atoms with van der Waals surface area (Å²) >= 11 is 0. The highest BCUT2D eigenvalue weighted by molar-refractivity contribution is 5.78. The molecule has 10 unspecified atom stereocenters. The van der Waals surface area contributed by atoms with Gasteiger partial charge >= 0.3 is 29.8 Å². The van der Waals surface area contributed by atoms with Crippen LogP contribution >= 0.6 is 0 Å². The maximum Gasteiger partial charge on any atom is 0.313 e. The average molecular weight is 1070 g/mol. The fourth-order valence-corrected chi connectivity index (χ4v) is 9.61. The van der Waals surface area contributed by atoms with Gasteiger partial charge in [0.15, 0.2) is 22.4 Å². The summed E-state index contributed by atoms with van der Waals surface area (Å²) in [5.41, 5.74) is -4.86. The molecule has 2 bridgehead atoms. The summed E-state index contributed by atoms with van der Waals surface area (Å²) in [5.74, 6) is 24.8. The molecule has 0 aromatic carbocycles. The molecule has 1 heterocycles. The van der Waals surface area contributed by atoms with E-state index in [9.17, 15) is 24.0 Å². The normalized spacial score (nSPS) is 24.2. The number of rotatable bonds is 16. The number of hydrogen-bond donors (Lipinski definition) is 0. The van der Waals surface area contributed by atoms with Gasteiger partial charge in [-0.2, -0.15) is 0 Å². The van der Waals surface area contributed by atoms with Crippen LogP contribution in [-0.2, 0) is 47.7 Å². The van der Waals surface area contributed by atoms with Crippen LogP contribution in [0.1, 0.15) is 222 Å². The van der Waals surface area contributed by atoms with E-state index in [4.69, 9.17) is 23.7 Å². The van der Waals surface area contributed by atoms with Crippen LogP contribution in [0, 0.1) is 105 Å². The molecule has 1 saturated heterocycles. The predicted octanol–water partition coefficient (Wildman–Crippen LogP) is 14.5. The standard InChI is InChI=1S/C18H26O2.C17H26O2.C16H24O4.C16H24O2/c1-6-10-18(5,20-16(19)17(3,4)7-2)15-12-13-8-9-14(15)11-13;1-6-13-17(5,14-11-9-8-10-12-14)19-15(18)16(3,4)7-2;1-6-9-16(5,12-8-10-19-13(17)11-12)20-14(18)15(3,4)7-2;1-6-12-16(5,13-10-8-9-11-13)18-14(17)15(3,4)7-2/h8-9,13-15H,7,11-12H2,1-5H3;9,11,14H,7-8,10,12H2,1-5H3;12H,7-8,10-11H2,1-5H3;8,10,13H,7,9,11H2,1-5H3. The minimum Gasteiger partial charge on any atom is -0.466 e. The topological polar surface area (TPSA) is 132 Å². The second-order valence-electron chi connectivity index (χ2n) is 24.8. The molecule has 2 fully saturated rings. The molecule has 1 aliphatic heterocycles. The van der Waals surface area contributed by atoms with Crippen molar-refractivity contribution in [2.45, 2.75) is 244 Å². The van der Waals surface area contributed by atoms with Gasteiger partial charge in [-0.05, 0) is 200 Å². The maximum absolute atomic E-state index is 12.4. The Labute approximate surface area is 467 Å². The molecule has 0 amide bonds. The zero-order valence-corrected chi connectivity index (χ0v) is 51.4. The number of ether oxygens (including phenoxy) is 5. The summed E-state index contributed by atoms with van der Waals surface area (Å²) in [6, 6.07) is 0. The van der Waals surface area contributed by atoms with Crippen molar-refractivity contribution in [3.05, 3.63) is 36.5 Å². The van der Waals surface area contributed by atoms with Crippen LogP contribution in [0.4, 0.5) is 0 Å². The van der Waals surface area contributed by atoms with Gasteiger partial charge in [-0.3, -0.25) is 24.0 Å². The number of hydrogen-bond acceptors (Lipinski definition) is 10. The van der Waals surface area contributed by atoms with Gasteiger partial charge in [-0.25, -0.2) is 0 Å². The molecule has 0 N–H and O–H groups in total. The van der Waals surface area contributed by atoms with Crippen molar-refractivity contribution in [3.8, 4) is 47.4 Å². The van der Waals surface area contributed by atoms with Gasteiger partial charge in [-0.15, -0.1) is 23.7 Å². The number of allylic oxidation sites excluding steroid dienone is 4. The Bertz CT molecular complexity index is 2390. The lowest BCUT2D eigenvalue weighted by Gasteiger charge is -2.36. The molecule has 10 atom stereocenters. The minimum atomic E-state index is -0.933. The van der Waals surface area contributed by atoms with Crippen LogP contribution in [0.3, 0.4) is 0 Å². The molecule has 5 rings (SSSR count). The van der Waals surface area contributed by atoms with Crippen molar-refractivity contribution in [1.29, 1.82) is 0 Å². The molecule has 10 nitrogen and oxygen atoms in total. The van der Waals surface area contributed by atoms with Gasteiger partial charge in [0.25, 0.3) is 0 Å². The Balaban J connectivity index is 0.000000352. The van der Waals surface area contributed by atoms with E-state index in [1.807, 2.05) is 111 Å². The zero-order chi connectivity index (χ0) is 58.7. The first-order valence-corrected chi connectivity index (χ1v) is 28.6. The number of esters is 5. The van der Waals surface area contributed by atoms with Crippen LogP contribution in [0.25, 0.3) is 0 Å². The summed E-state index contributed by atoms with van der Waals surface area (Å²) in [6.07, 6.45) is 24.7. The molecule has 4 aliphatic carbocycles. The van der Waals surface area contributed by atoms with Gasteiger partial charge in [-0.1, -0.05) is 87.8 Å². The Kier molecular flexibility index (Phi) is 25.7. The molecular weight excluding hydrogens is 965 g/mol. The first-order chi connectivity index (χ1) is 35.8. The highest BCUT2D eigenvalue weighted by Crippen LogP contribution is 2.50. The molecule has 5 aliphatic rings. The summed E-state index contributed by atoms with van der Waals surface area (Å²) < 4.78 is 28.1. The van der Waals surface area contributed by atoms with Crippen molar-refractivity contribution in [2.24, 2.45) is 57.2 Å². The van der Waals surface area contributed by atoms with E-state index in [1.165, 1.54) is 6.42 Å². The molecule has 77 heavy (non-hydrogen) atoms. The molecular formula is C67H100O10. The average Bonchev–Trinajstić information content (AvgIpc) is 4.19. The Hall–Kier alpha value is -5.19. The number of cyclic esters (lactones) is 1. The van der Waals surface area contributed by atoms with Crippen LogP contribution in [-0.4, -0.2) is 58.9 Å². The third-order valence-electron chi connectivity index (χ3n) is 17.0. The van der Waals surface area contributed by atoms with Gasteiger partial charge in [0.1, 0.15) is 0 Å². The second-order valence-corrected chi connectivity index (χ2v) is 24.8. The van der Waals surface area contributed by atoms with E-state index < -0.39 is 44.1 Å². The van der Waals surface area contributed by atoms with Crippen molar-refractivity contribution in [1.82, 2.24) is 0 Å². The highest BCUT2D eigenvalue weighted by atomic mass is 16.6. The highest BCUT2D eigenvalue weighted by Gasteiger charge is 2.49. The molecule has 0 aromatic heterocycles. The fourth-order valence-electron chi connectivity index (χ4n) is 9.61. The van der Waals surface area contributed by atoms with E-state index in [0.29, 0.717) is 37.2 Å². The summed E-state index contributed by atoms with van der Waals surface area (Å²) in [4.78, 5) is 60.7. The first-order valence-electron chi connectivity index (χ1n) is 28.6. The number of fused-ring (bicyclic) bond motifs is 2. The van der Waals surface area contributed by atoms with Gasteiger partial charge in [0.2, 0.25) is 0 Å². The van der Waals surface area contributed by atoms with Gasteiger partial charge < -0.3 is 23.7 Å². The van der Waals surface area contributed by atoms with E-state index >= 15 is 0 Å². The fraction of sp³-hybridized carbons (Fsp3) is 0.716. The molecule has 10 heteroatoms. The second kappa shape index (κ2) is 29.1. The van der Waals surface area contributed by atoms with Crippen molar-refractivity contribution in [3.63, 3.8) is 0 Å². The minimum absolute atomic E-state index is 0.118. The Morgan fingerprint density at radius 3 is 1.23 bits per heavy atom. The zero-order valence-electron chi connectivity index (χ0n) is 51.4. The third kappa shape index (κ3) is 19.0. The quantitative estimate of drug-likeness (QED) is 0.0637. The Morgan fingerprint density at radius 2 is 0.896 bits per heavy atom. The molecule has 0 aromatic rings. The lowest BCUT2D eigenvalue weighted by atomic mass is 9.79. The smallest absolute Gasteiger partial charge is 0.313 e. The molecule has 428 valence electrons. The molecule has 0 spiro atoms. The van der Waals surface area contributed by atoms with Crippen LogP contribution in [0.15, 0.2) is 36.5 Å².